The highest BCUT2D eigenvalue weighted by Gasteiger charge is 2.17. The molecule has 0 aliphatic carbocycles. The monoisotopic (exact) mass is 279 g/mol. The first-order valence-corrected chi connectivity index (χ1v) is 6.98. The summed E-state index contributed by atoms with van der Waals surface area (Å²) in [5.41, 5.74) is 6.48. The quantitative estimate of drug-likeness (QED) is 0.878. The number of hydrogen-bond acceptors (Lipinski definition) is 5. The van der Waals surface area contributed by atoms with Gasteiger partial charge in [-0.3, -0.25) is 4.79 Å². The summed E-state index contributed by atoms with van der Waals surface area (Å²) in [6, 6.07) is 3.68. The summed E-state index contributed by atoms with van der Waals surface area (Å²) < 4.78 is 5.36. The summed E-state index contributed by atoms with van der Waals surface area (Å²) in [4.78, 5) is 17.6. The van der Waals surface area contributed by atoms with Gasteiger partial charge in [-0.05, 0) is 26.0 Å². The minimum atomic E-state index is -0.174. The van der Waals surface area contributed by atoms with E-state index in [1.807, 2.05) is 26.0 Å². The van der Waals surface area contributed by atoms with Crippen LogP contribution >= 0.6 is 11.3 Å². The number of nitrogens with two attached hydrogens (primary N) is 1. The molecule has 0 fully saturated rings. The highest BCUT2D eigenvalue weighted by Crippen LogP contribution is 2.31. The van der Waals surface area contributed by atoms with E-state index in [0.29, 0.717) is 23.7 Å². The molecule has 0 spiro atoms. The Morgan fingerprint density at radius 1 is 1.63 bits per heavy atom. The van der Waals surface area contributed by atoms with Crippen molar-refractivity contribution in [3.8, 4) is 0 Å². The molecule has 0 aliphatic rings. The van der Waals surface area contributed by atoms with Gasteiger partial charge in [-0.2, -0.15) is 0 Å². The predicted molar refractivity (Wildman–Crippen MR) is 77.5 cm³/mol. The summed E-state index contributed by atoms with van der Waals surface area (Å²) in [7, 11) is 0. The normalized spacial score (nSPS) is 12.5. The fraction of sp³-hybridized carbons (Fsp3) is 0.385. The van der Waals surface area contributed by atoms with E-state index in [9.17, 15) is 4.79 Å². The zero-order chi connectivity index (χ0) is 13.8. The molecule has 6 heteroatoms. The fourth-order valence-electron chi connectivity index (χ4n) is 1.78. The Kier molecular flexibility index (Phi) is 4.34. The van der Waals surface area contributed by atoms with E-state index in [-0.39, 0.29) is 12.0 Å². The number of thiophene rings is 1. The standard InChI is InChI=1S/C13H17N3O2S/c1-3-18-8(2)7-16-12(17)11-10(14)9-5-4-6-15-13(9)19-11/h4-6,8H,3,7,14H2,1-2H3,(H,16,17). The molecule has 1 unspecified atom stereocenters. The average Bonchev–Trinajstić information content (AvgIpc) is 2.74. The first kappa shape index (κ1) is 13.8. The molecule has 0 aliphatic heterocycles. The number of fused-ring (bicyclic) bond motifs is 1. The average molecular weight is 279 g/mol. The van der Waals surface area contributed by atoms with Gasteiger partial charge in [0.25, 0.3) is 5.91 Å². The number of carbonyl (C=O) groups is 1. The lowest BCUT2D eigenvalue weighted by Gasteiger charge is -2.12. The van der Waals surface area contributed by atoms with Gasteiger partial charge in [0, 0.05) is 24.7 Å². The van der Waals surface area contributed by atoms with Crippen molar-refractivity contribution in [1.29, 1.82) is 0 Å². The van der Waals surface area contributed by atoms with Gasteiger partial charge in [-0.25, -0.2) is 4.98 Å². The third kappa shape index (κ3) is 3.02. The Morgan fingerprint density at radius 2 is 2.42 bits per heavy atom. The molecule has 0 aromatic carbocycles. The number of pyridine rings is 1. The fourth-order valence-corrected chi connectivity index (χ4v) is 2.76. The highest BCUT2D eigenvalue weighted by atomic mass is 32.1. The molecule has 0 saturated heterocycles. The maximum Gasteiger partial charge on any atom is 0.263 e. The second-order valence-electron chi connectivity index (χ2n) is 4.18. The number of aromatic nitrogens is 1. The molecule has 3 N–H and O–H groups in total. The number of nitrogen functional groups attached to an aromatic ring is 1. The molecular weight excluding hydrogens is 262 g/mol. The van der Waals surface area contributed by atoms with Gasteiger partial charge in [0.2, 0.25) is 0 Å². The van der Waals surface area contributed by atoms with Crippen LogP contribution in [-0.2, 0) is 4.74 Å². The molecular formula is C13H17N3O2S. The molecule has 102 valence electrons. The molecule has 2 heterocycles. The Balaban J connectivity index is 2.11. The number of ether oxygens (including phenoxy) is 1. The second-order valence-corrected chi connectivity index (χ2v) is 5.18. The smallest absolute Gasteiger partial charge is 0.263 e. The van der Waals surface area contributed by atoms with Gasteiger partial charge in [-0.1, -0.05) is 0 Å². The van der Waals surface area contributed by atoms with Crippen molar-refractivity contribution in [3.05, 3.63) is 23.2 Å². The van der Waals surface area contributed by atoms with E-state index in [0.717, 1.165) is 10.2 Å². The van der Waals surface area contributed by atoms with Crippen molar-refractivity contribution in [3.63, 3.8) is 0 Å². The van der Waals surface area contributed by atoms with E-state index in [1.165, 1.54) is 11.3 Å². The second kappa shape index (κ2) is 5.99. The summed E-state index contributed by atoms with van der Waals surface area (Å²) in [6.07, 6.45) is 1.68. The number of amides is 1. The van der Waals surface area contributed by atoms with Gasteiger partial charge in [0.15, 0.2) is 0 Å². The summed E-state index contributed by atoms with van der Waals surface area (Å²) in [6.45, 7) is 4.94. The van der Waals surface area contributed by atoms with Crippen molar-refractivity contribution >= 4 is 33.1 Å². The zero-order valence-electron chi connectivity index (χ0n) is 11.0. The maximum absolute atomic E-state index is 12.1. The lowest BCUT2D eigenvalue weighted by Crippen LogP contribution is -2.32. The van der Waals surface area contributed by atoms with Crippen LogP contribution in [-0.4, -0.2) is 30.1 Å². The Bertz CT molecular complexity index is 582. The largest absolute Gasteiger partial charge is 0.397 e. The molecule has 0 bridgehead atoms. The van der Waals surface area contributed by atoms with Crippen LogP contribution in [0.15, 0.2) is 18.3 Å². The van der Waals surface area contributed by atoms with Crippen molar-refractivity contribution in [1.82, 2.24) is 10.3 Å². The van der Waals surface area contributed by atoms with Crippen LogP contribution in [0.4, 0.5) is 5.69 Å². The number of carbonyl (C=O) groups excluding carboxylic acids is 1. The molecule has 1 amide bonds. The molecule has 5 nitrogen and oxygen atoms in total. The molecule has 2 rings (SSSR count). The third-order valence-corrected chi connectivity index (χ3v) is 3.84. The van der Waals surface area contributed by atoms with Crippen LogP contribution in [0.3, 0.4) is 0 Å². The van der Waals surface area contributed by atoms with Gasteiger partial charge in [-0.15, -0.1) is 11.3 Å². The topological polar surface area (TPSA) is 77.2 Å². The van der Waals surface area contributed by atoms with E-state index < -0.39 is 0 Å². The van der Waals surface area contributed by atoms with Crippen LogP contribution in [0.25, 0.3) is 10.2 Å². The van der Waals surface area contributed by atoms with Crippen LogP contribution in [0.1, 0.15) is 23.5 Å². The highest BCUT2D eigenvalue weighted by molar-refractivity contribution is 7.21. The van der Waals surface area contributed by atoms with E-state index >= 15 is 0 Å². The molecule has 2 aromatic rings. The van der Waals surface area contributed by atoms with Gasteiger partial charge in [0.05, 0.1) is 11.8 Å². The Morgan fingerprint density at radius 3 is 3.11 bits per heavy atom. The predicted octanol–water partition coefficient (Wildman–Crippen LogP) is 2.03. The first-order valence-electron chi connectivity index (χ1n) is 6.16. The van der Waals surface area contributed by atoms with E-state index in [4.69, 9.17) is 10.5 Å². The molecule has 0 radical (unpaired) electrons. The zero-order valence-corrected chi connectivity index (χ0v) is 11.8. The number of nitrogens with zero attached hydrogens (tertiary/aromatic N) is 1. The van der Waals surface area contributed by atoms with Crippen molar-refractivity contribution < 1.29 is 9.53 Å². The molecule has 19 heavy (non-hydrogen) atoms. The van der Waals surface area contributed by atoms with Crippen LogP contribution in [0, 0.1) is 0 Å². The molecule has 1 atom stereocenters. The third-order valence-electron chi connectivity index (χ3n) is 2.71. The van der Waals surface area contributed by atoms with Crippen LogP contribution in [0.2, 0.25) is 0 Å². The van der Waals surface area contributed by atoms with E-state index in [1.54, 1.807) is 6.20 Å². The number of rotatable bonds is 5. The lowest BCUT2D eigenvalue weighted by molar-refractivity contribution is 0.0697. The minimum absolute atomic E-state index is 0.0114. The van der Waals surface area contributed by atoms with Gasteiger partial charge < -0.3 is 15.8 Å². The lowest BCUT2D eigenvalue weighted by atomic mass is 10.2. The van der Waals surface area contributed by atoms with Crippen LogP contribution in [0.5, 0.6) is 0 Å². The van der Waals surface area contributed by atoms with Crippen molar-refractivity contribution in [2.24, 2.45) is 0 Å². The maximum atomic E-state index is 12.1. The SMILES string of the molecule is CCOC(C)CNC(=O)c1sc2ncccc2c1N. The van der Waals surface area contributed by atoms with Crippen molar-refractivity contribution in [2.45, 2.75) is 20.0 Å². The summed E-state index contributed by atoms with van der Waals surface area (Å²) in [5, 5.41) is 3.65. The summed E-state index contributed by atoms with van der Waals surface area (Å²) in [5.74, 6) is -0.174. The number of hydrogen-bond donors (Lipinski definition) is 2. The Hall–Kier alpha value is -1.66. The molecule has 2 aromatic heterocycles. The Labute approximate surface area is 115 Å². The van der Waals surface area contributed by atoms with E-state index in [2.05, 4.69) is 10.3 Å². The summed E-state index contributed by atoms with van der Waals surface area (Å²) >= 11 is 1.31. The van der Waals surface area contributed by atoms with Gasteiger partial charge >= 0.3 is 0 Å². The molecule has 0 saturated carbocycles. The van der Waals surface area contributed by atoms with Crippen molar-refractivity contribution in [2.75, 3.05) is 18.9 Å². The first-order chi connectivity index (χ1) is 9.13. The number of nitrogens with one attached hydrogen (secondary N) is 1. The van der Waals surface area contributed by atoms with Crippen LogP contribution < -0.4 is 11.1 Å². The van der Waals surface area contributed by atoms with Gasteiger partial charge in [0.1, 0.15) is 9.71 Å². The number of anilines is 1. The minimum Gasteiger partial charge on any atom is -0.397 e.